The van der Waals surface area contributed by atoms with Crippen LogP contribution in [0.2, 0.25) is 5.02 Å². The lowest BCUT2D eigenvalue weighted by molar-refractivity contribution is 0.278. The number of fused-ring (bicyclic) bond motifs is 1. The Hall–Kier alpha value is -2.28. The summed E-state index contributed by atoms with van der Waals surface area (Å²) in [5.74, 6) is 1.61. The molecule has 0 aliphatic carbocycles. The van der Waals surface area contributed by atoms with Gasteiger partial charge in [-0.3, -0.25) is 4.98 Å². The number of nitrogens with zero attached hydrogens (tertiary/aromatic N) is 1. The highest BCUT2D eigenvalue weighted by atomic mass is 35.5. The maximum Gasteiger partial charge on any atom is 0.163 e. The zero-order valence-corrected chi connectivity index (χ0v) is 18.9. The van der Waals surface area contributed by atoms with E-state index in [9.17, 15) is 4.39 Å². The smallest absolute Gasteiger partial charge is 0.163 e. The molecule has 1 aliphatic heterocycles. The second-order valence-electron chi connectivity index (χ2n) is 7.48. The Kier molecular flexibility index (Phi) is 8.18. The van der Waals surface area contributed by atoms with Crippen molar-refractivity contribution in [2.75, 3.05) is 32.1 Å². The largest absolute Gasteiger partial charge is 0.493 e. The molecule has 31 heavy (non-hydrogen) atoms. The minimum atomic E-state index is -0.420. The van der Waals surface area contributed by atoms with E-state index in [1.54, 1.807) is 31.5 Å². The molecule has 0 amide bonds. The second-order valence-corrected chi connectivity index (χ2v) is 7.91. The van der Waals surface area contributed by atoms with Crippen LogP contribution in [-0.4, -0.2) is 31.8 Å². The van der Waals surface area contributed by atoms with Gasteiger partial charge in [0, 0.05) is 28.4 Å². The van der Waals surface area contributed by atoms with Crippen molar-refractivity contribution in [1.29, 1.82) is 0 Å². The van der Waals surface area contributed by atoms with Gasteiger partial charge in [-0.1, -0.05) is 11.6 Å². The third kappa shape index (κ3) is 5.70. The van der Waals surface area contributed by atoms with Crippen LogP contribution in [0, 0.1) is 11.7 Å². The van der Waals surface area contributed by atoms with E-state index in [0.717, 1.165) is 48.4 Å². The number of rotatable bonds is 8. The van der Waals surface area contributed by atoms with Crippen LogP contribution in [-0.2, 0) is 0 Å². The average Bonchev–Trinajstić information content (AvgIpc) is 3.26. The van der Waals surface area contributed by atoms with Crippen LogP contribution in [0.5, 0.6) is 11.5 Å². The highest BCUT2D eigenvalue weighted by molar-refractivity contribution is 6.30. The van der Waals surface area contributed by atoms with Crippen LogP contribution < -0.4 is 20.1 Å². The molecular weight excluding hydrogens is 440 g/mol. The molecule has 3 aromatic rings. The van der Waals surface area contributed by atoms with Gasteiger partial charge in [0.1, 0.15) is 5.82 Å². The minimum Gasteiger partial charge on any atom is -0.493 e. The summed E-state index contributed by atoms with van der Waals surface area (Å²) in [6.45, 7) is 2.85. The van der Waals surface area contributed by atoms with E-state index >= 15 is 0 Å². The van der Waals surface area contributed by atoms with E-state index < -0.39 is 5.82 Å². The van der Waals surface area contributed by atoms with Crippen molar-refractivity contribution in [3.63, 3.8) is 0 Å². The Bertz CT molecular complexity index is 1030. The summed E-state index contributed by atoms with van der Waals surface area (Å²) in [6.07, 6.45) is 5.08. The third-order valence-electron chi connectivity index (χ3n) is 5.40. The summed E-state index contributed by atoms with van der Waals surface area (Å²) >= 11 is 5.85. The molecule has 0 spiro atoms. The number of pyridine rings is 1. The maximum atomic E-state index is 14.2. The first-order valence-electron chi connectivity index (χ1n) is 10.2. The van der Waals surface area contributed by atoms with E-state index in [1.807, 2.05) is 12.1 Å². The Morgan fingerprint density at radius 3 is 2.81 bits per heavy atom. The van der Waals surface area contributed by atoms with Gasteiger partial charge in [0.2, 0.25) is 0 Å². The molecule has 2 heterocycles. The lowest BCUT2D eigenvalue weighted by Gasteiger charge is -2.15. The predicted molar refractivity (Wildman–Crippen MR) is 126 cm³/mol. The number of benzene rings is 2. The quantitative estimate of drug-likeness (QED) is 0.401. The Morgan fingerprint density at radius 2 is 2.06 bits per heavy atom. The predicted octanol–water partition coefficient (Wildman–Crippen LogP) is 5.97. The van der Waals surface area contributed by atoms with Crippen molar-refractivity contribution in [1.82, 2.24) is 10.3 Å². The summed E-state index contributed by atoms with van der Waals surface area (Å²) in [4.78, 5) is 4.45. The Morgan fingerprint density at radius 1 is 1.19 bits per heavy atom. The number of ether oxygens (including phenoxy) is 2. The molecule has 1 aliphatic rings. The summed E-state index contributed by atoms with van der Waals surface area (Å²) < 4.78 is 25.8. The van der Waals surface area contributed by atoms with Crippen LogP contribution in [0.1, 0.15) is 19.3 Å². The van der Waals surface area contributed by atoms with Gasteiger partial charge >= 0.3 is 0 Å². The molecule has 0 saturated carbocycles. The van der Waals surface area contributed by atoms with Crippen molar-refractivity contribution in [3.8, 4) is 11.5 Å². The van der Waals surface area contributed by atoms with Gasteiger partial charge in [-0.2, -0.15) is 0 Å². The molecule has 1 fully saturated rings. The zero-order chi connectivity index (χ0) is 20.9. The standard InChI is InChI=1S/C23H25ClFN3O2.ClH/c1-29-22-12-17-19(28-20-5-4-16(24)11-18(20)25)7-9-27-21(17)13-23(22)30-10-2-3-15-6-8-26-14-15;/h4-5,7,9,11-13,15,26H,2-3,6,8,10,14H2,1H3,(H,27,28);1H. The van der Waals surface area contributed by atoms with Gasteiger partial charge in [0.05, 0.1) is 24.9 Å². The van der Waals surface area contributed by atoms with E-state index in [4.69, 9.17) is 21.1 Å². The highest BCUT2D eigenvalue weighted by Crippen LogP contribution is 2.36. The molecule has 166 valence electrons. The first kappa shape index (κ1) is 23.4. The maximum absolute atomic E-state index is 14.2. The number of anilines is 2. The molecule has 5 nitrogen and oxygen atoms in total. The van der Waals surface area contributed by atoms with E-state index in [0.29, 0.717) is 28.8 Å². The summed E-state index contributed by atoms with van der Waals surface area (Å²) in [7, 11) is 1.61. The molecular formula is C23H26Cl2FN3O2. The topological polar surface area (TPSA) is 55.4 Å². The molecule has 2 N–H and O–H groups in total. The third-order valence-corrected chi connectivity index (χ3v) is 5.64. The molecule has 1 unspecified atom stereocenters. The normalized spacial score (nSPS) is 15.5. The van der Waals surface area contributed by atoms with Crippen LogP contribution in [0.25, 0.3) is 10.9 Å². The fraction of sp³-hybridized carbons (Fsp3) is 0.348. The van der Waals surface area contributed by atoms with Gasteiger partial charge < -0.3 is 20.1 Å². The van der Waals surface area contributed by atoms with Crippen LogP contribution in [0.15, 0.2) is 42.6 Å². The SMILES string of the molecule is COc1cc2c(Nc3ccc(Cl)cc3F)ccnc2cc1OCCCC1CCNC1.Cl. The first-order valence-corrected chi connectivity index (χ1v) is 10.5. The van der Waals surface area contributed by atoms with Gasteiger partial charge in [-0.15, -0.1) is 12.4 Å². The second kappa shape index (κ2) is 10.8. The molecule has 2 aromatic carbocycles. The lowest BCUT2D eigenvalue weighted by Crippen LogP contribution is -2.10. The monoisotopic (exact) mass is 465 g/mol. The zero-order valence-electron chi connectivity index (χ0n) is 17.3. The number of halogens is 3. The number of aromatic nitrogens is 1. The van der Waals surface area contributed by atoms with Crippen molar-refractivity contribution < 1.29 is 13.9 Å². The molecule has 1 saturated heterocycles. The molecule has 1 aromatic heterocycles. The number of methoxy groups -OCH3 is 1. The van der Waals surface area contributed by atoms with Crippen molar-refractivity contribution in [2.45, 2.75) is 19.3 Å². The Labute approximate surface area is 192 Å². The van der Waals surface area contributed by atoms with E-state index in [2.05, 4.69) is 15.6 Å². The fourth-order valence-electron chi connectivity index (χ4n) is 3.79. The Balaban J connectivity index is 0.00000272. The van der Waals surface area contributed by atoms with Crippen LogP contribution in [0.4, 0.5) is 15.8 Å². The van der Waals surface area contributed by atoms with Crippen molar-refractivity contribution in [2.24, 2.45) is 5.92 Å². The number of hydrogen-bond acceptors (Lipinski definition) is 5. The minimum absolute atomic E-state index is 0. The summed E-state index contributed by atoms with van der Waals surface area (Å²) in [5, 5.41) is 7.68. The van der Waals surface area contributed by atoms with E-state index in [-0.39, 0.29) is 12.4 Å². The summed E-state index contributed by atoms with van der Waals surface area (Å²) in [5.41, 5.74) is 1.80. The van der Waals surface area contributed by atoms with Gasteiger partial charge in [-0.25, -0.2) is 4.39 Å². The number of hydrogen-bond donors (Lipinski definition) is 2. The molecule has 4 rings (SSSR count). The van der Waals surface area contributed by atoms with E-state index in [1.165, 1.54) is 12.5 Å². The van der Waals surface area contributed by atoms with Gasteiger partial charge in [0.25, 0.3) is 0 Å². The van der Waals surface area contributed by atoms with Crippen LogP contribution in [0.3, 0.4) is 0 Å². The van der Waals surface area contributed by atoms with Crippen LogP contribution >= 0.6 is 24.0 Å². The molecule has 1 atom stereocenters. The fourth-order valence-corrected chi connectivity index (χ4v) is 3.94. The molecule has 0 bridgehead atoms. The molecule has 8 heteroatoms. The lowest BCUT2D eigenvalue weighted by atomic mass is 10.0. The summed E-state index contributed by atoms with van der Waals surface area (Å²) in [6, 6.07) is 10.1. The average molecular weight is 466 g/mol. The highest BCUT2D eigenvalue weighted by Gasteiger charge is 2.15. The first-order chi connectivity index (χ1) is 14.6. The van der Waals surface area contributed by atoms with Gasteiger partial charge in [-0.05, 0) is 68.6 Å². The van der Waals surface area contributed by atoms with Gasteiger partial charge in [0.15, 0.2) is 11.5 Å². The number of nitrogens with one attached hydrogen (secondary N) is 2. The van der Waals surface area contributed by atoms with Crippen molar-refractivity contribution in [3.05, 3.63) is 53.4 Å². The van der Waals surface area contributed by atoms with Crippen molar-refractivity contribution >= 4 is 46.3 Å². The molecule has 0 radical (unpaired) electrons.